The molecule has 2 heterocycles. The van der Waals surface area contributed by atoms with Crippen LogP contribution in [0.15, 0.2) is 84.9 Å². The van der Waals surface area contributed by atoms with Gasteiger partial charge >= 0.3 is 0 Å². The van der Waals surface area contributed by atoms with E-state index in [1.807, 2.05) is 66.7 Å². The van der Waals surface area contributed by atoms with Crippen LogP contribution in [0.4, 0.5) is 0 Å². The number of primary amides is 1. The van der Waals surface area contributed by atoms with Crippen LogP contribution in [0.3, 0.4) is 0 Å². The van der Waals surface area contributed by atoms with Crippen molar-refractivity contribution in [2.75, 3.05) is 19.6 Å². The number of amides is 1. The highest BCUT2D eigenvalue weighted by atomic mass is 16.5. The number of hydrogen-bond donors (Lipinski definition) is 1. The number of ether oxygens (including phenoxy) is 1. The molecule has 0 aliphatic carbocycles. The minimum atomic E-state index is -0.822. The summed E-state index contributed by atoms with van der Waals surface area (Å²) in [7, 11) is 0. The molecular formula is C28H30N2O2. The molecule has 3 aromatic carbocycles. The first kappa shape index (κ1) is 20.8. The first-order valence-electron chi connectivity index (χ1n) is 11.6. The average Bonchev–Trinajstić information content (AvgIpc) is 3.46. The van der Waals surface area contributed by atoms with Crippen molar-refractivity contribution in [1.82, 2.24) is 4.90 Å². The number of fused-ring (bicyclic) bond motifs is 1. The van der Waals surface area contributed by atoms with Crippen LogP contribution in [0.1, 0.15) is 29.5 Å². The van der Waals surface area contributed by atoms with Crippen LogP contribution in [0, 0.1) is 5.92 Å². The van der Waals surface area contributed by atoms with Crippen LogP contribution < -0.4 is 10.5 Å². The second-order valence-corrected chi connectivity index (χ2v) is 9.03. The van der Waals surface area contributed by atoms with Crippen molar-refractivity contribution in [2.24, 2.45) is 11.7 Å². The van der Waals surface area contributed by atoms with Crippen molar-refractivity contribution in [3.63, 3.8) is 0 Å². The lowest BCUT2D eigenvalue weighted by Crippen LogP contribution is -2.49. The summed E-state index contributed by atoms with van der Waals surface area (Å²) in [5, 5.41) is 0. The molecule has 0 saturated carbocycles. The van der Waals surface area contributed by atoms with E-state index in [-0.39, 0.29) is 17.9 Å². The van der Waals surface area contributed by atoms with Gasteiger partial charge in [0.25, 0.3) is 0 Å². The fourth-order valence-electron chi connectivity index (χ4n) is 5.66. The second kappa shape index (κ2) is 8.79. The van der Waals surface area contributed by atoms with Gasteiger partial charge < -0.3 is 15.4 Å². The summed E-state index contributed by atoms with van der Waals surface area (Å²) < 4.78 is 6.14. The summed E-state index contributed by atoms with van der Waals surface area (Å²) in [6, 6.07) is 28.5. The average molecular weight is 427 g/mol. The van der Waals surface area contributed by atoms with E-state index in [1.54, 1.807) is 0 Å². The van der Waals surface area contributed by atoms with Gasteiger partial charge in [0.1, 0.15) is 17.3 Å². The van der Waals surface area contributed by atoms with E-state index in [4.69, 9.17) is 10.5 Å². The third kappa shape index (κ3) is 3.69. The Morgan fingerprint density at radius 2 is 1.56 bits per heavy atom. The third-order valence-corrected chi connectivity index (χ3v) is 7.21. The normalized spacial score (nSPS) is 20.6. The molecule has 1 saturated heterocycles. The van der Waals surface area contributed by atoms with Crippen LogP contribution in [0.2, 0.25) is 0 Å². The molecule has 0 radical (unpaired) electrons. The lowest BCUT2D eigenvalue weighted by Gasteiger charge is -2.37. The molecule has 0 aromatic heterocycles. The number of nitrogens with zero attached hydrogens (tertiary/aromatic N) is 1. The molecule has 3 aromatic rings. The number of hydrogen-bond acceptors (Lipinski definition) is 3. The van der Waals surface area contributed by atoms with Gasteiger partial charge in [0.15, 0.2) is 0 Å². The van der Waals surface area contributed by atoms with Crippen LogP contribution in [0.5, 0.6) is 5.75 Å². The van der Waals surface area contributed by atoms with E-state index in [1.165, 1.54) is 5.56 Å². The monoisotopic (exact) mass is 426 g/mol. The van der Waals surface area contributed by atoms with Crippen molar-refractivity contribution in [3.8, 4) is 5.75 Å². The Morgan fingerprint density at radius 3 is 2.19 bits per heavy atom. The molecule has 1 amide bonds. The summed E-state index contributed by atoms with van der Waals surface area (Å²) in [5.41, 5.74) is 8.66. The van der Waals surface area contributed by atoms with Crippen molar-refractivity contribution < 1.29 is 9.53 Å². The fourth-order valence-corrected chi connectivity index (χ4v) is 5.66. The molecular weight excluding hydrogens is 396 g/mol. The standard InChI is InChI=1S/C28H30N2O2/c29-27(31)28(22-10-3-1-4-11-22,23-12-5-2-6-13-23)24-15-17-30(20-24)18-16-25-19-21-9-7-8-14-26(21)32-25/h1-14,24-25H,15-20H2,(H2,29,31)/t24-,25-/m1/s1. The maximum absolute atomic E-state index is 13.2. The maximum atomic E-state index is 13.2. The smallest absolute Gasteiger partial charge is 0.232 e. The largest absolute Gasteiger partial charge is 0.490 e. The summed E-state index contributed by atoms with van der Waals surface area (Å²) >= 11 is 0. The Morgan fingerprint density at radius 1 is 0.938 bits per heavy atom. The Balaban J connectivity index is 1.34. The van der Waals surface area contributed by atoms with E-state index < -0.39 is 5.41 Å². The van der Waals surface area contributed by atoms with Gasteiger partial charge in [0.05, 0.1) is 0 Å². The predicted molar refractivity (Wildman–Crippen MR) is 127 cm³/mol. The molecule has 5 rings (SSSR count). The van der Waals surface area contributed by atoms with Crippen LogP contribution in [0.25, 0.3) is 0 Å². The minimum absolute atomic E-state index is 0.131. The first-order chi connectivity index (χ1) is 15.7. The van der Waals surface area contributed by atoms with Crippen LogP contribution in [-0.2, 0) is 16.6 Å². The quantitative estimate of drug-likeness (QED) is 0.617. The number of likely N-dealkylation sites (tertiary alicyclic amines) is 1. The van der Waals surface area contributed by atoms with Crippen molar-refractivity contribution in [3.05, 3.63) is 102 Å². The first-order valence-corrected chi connectivity index (χ1v) is 11.6. The van der Waals surface area contributed by atoms with E-state index in [9.17, 15) is 4.79 Å². The molecule has 2 aliphatic rings. The van der Waals surface area contributed by atoms with Gasteiger partial charge in [-0.25, -0.2) is 0 Å². The molecule has 4 nitrogen and oxygen atoms in total. The molecule has 164 valence electrons. The van der Waals surface area contributed by atoms with Gasteiger partial charge in [0.2, 0.25) is 5.91 Å². The van der Waals surface area contributed by atoms with Gasteiger partial charge in [-0.3, -0.25) is 4.79 Å². The van der Waals surface area contributed by atoms with Crippen molar-refractivity contribution in [2.45, 2.75) is 30.8 Å². The molecule has 1 fully saturated rings. The topological polar surface area (TPSA) is 55.6 Å². The van der Waals surface area contributed by atoms with Gasteiger partial charge in [0, 0.05) is 19.5 Å². The zero-order valence-electron chi connectivity index (χ0n) is 18.3. The molecule has 0 unspecified atom stereocenters. The van der Waals surface area contributed by atoms with Gasteiger partial charge in [-0.1, -0.05) is 78.9 Å². The Labute approximate surface area is 190 Å². The Kier molecular flexibility index (Phi) is 5.71. The van der Waals surface area contributed by atoms with Crippen LogP contribution >= 0.6 is 0 Å². The van der Waals surface area contributed by atoms with E-state index in [2.05, 4.69) is 23.1 Å². The summed E-state index contributed by atoms with van der Waals surface area (Å²) in [6.45, 7) is 2.79. The zero-order chi connectivity index (χ0) is 22.0. The number of rotatable bonds is 7. The summed E-state index contributed by atoms with van der Waals surface area (Å²) in [6.07, 6.45) is 3.14. The minimum Gasteiger partial charge on any atom is -0.490 e. The lowest BCUT2D eigenvalue weighted by atomic mass is 9.64. The van der Waals surface area contributed by atoms with E-state index >= 15 is 0 Å². The summed E-state index contributed by atoms with van der Waals surface area (Å²) in [5.74, 6) is 0.889. The highest BCUT2D eigenvalue weighted by molar-refractivity contribution is 5.91. The third-order valence-electron chi connectivity index (χ3n) is 7.21. The van der Waals surface area contributed by atoms with E-state index in [0.717, 1.165) is 55.8 Å². The molecule has 2 N–H and O–H groups in total. The second-order valence-electron chi connectivity index (χ2n) is 9.03. The Hall–Kier alpha value is -3.11. The summed E-state index contributed by atoms with van der Waals surface area (Å²) in [4.78, 5) is 15.7. The number of carbonyl (C=O) groups excluding carboxylic acids is 1. The molecule has 32 heavy (non-hydrogen) atoms. The van der Waals surface area contributed by atoms with Gasteiger partial charge in [-0.15, -0.1) is 0 Å². The van der Waals surface area contributed by atoms with Crippen molar-refractivity contribution in [1.29, 1.82) is 0 Å². The van der Waals surface area contributed by atoms with Crippen molar-refractivity contribution >= 4 is 5.91 Å². The zero-order valence-corrected chi connectivity index (χ0v) is 18.3. The molecule has 0 bridgehead atoms. The SMILES string of the molecule is NC(=O)C(c1ccccc1)(c1ccccc1)[C@@H]1CCN(CC[C@@H]2Cc3ccccc3O2)C1. The number of benzene rings is 3. The number of para-hydroxylation sites is 1. The highest BCUT2D eigenvalue weighted by Gasteiger charge is 2.49. The highest BCUT2D eigenvalue weighted by Crippen LogP contribution is 2.43. The molecule has 4 heteroatoms. The number of carbonyl (C=O) groups is 1. The molecule has 2 aliphatic heterocycles. The molecule has 0 spiro atoms. The number of nitrogens with two attached hydrogens (primary N) is 1. The van der Waals surface area contributed by atoms with Crippen LogP contribution in [-0.4, -0.2) is 36.5 Å². The maximum Gasteiger partial charge on any atom is 0.232 e. The Bertz CT molecular complexity index is 1000. The van der Waals surface area contributed by atoms with Gasteiger partial charge in [-0.2, -0.15) is 0 Å². The molecule has 2 atom stereocenters. The van der Waals surface area contributed by atoms with Gasteiger partial charge in [-0.05, 0) is 48.1 Å². The lowest BCUT2D eigenvalue weighted by molar-refractivity contribution is -0.123. The predicted octanol–water partition coefficient (Wildman–Crippen LogP) is 4.17. The van der Waals surface area contributed by atoms with E-state index in [0.29, 0.717) is 0 Å². The fraction of sp³-hybridized carbons (Fsp3) is 0.321.